The molecule has 22 heavy (non-hydrogen) atoms. The summed E-state index contributed by atoms with van der Waals surface area (Å²) in [6, 6.07) is 8.53. The Kier molecular flexibility index (Phi) is 5.50. The first-order valence-electron chi connectivity index (χ1n) is 7.29. The molecule has 0 N–H and O–H groups in total. The first-order valence-corrected chi connectivity index (χ1v) is 7.66. The van der Waals surface area contributed by atoms with Crippen LogP contribution in [0, 0.1) is 0 Å². The summed E-state index contributed by atoms with van der Waals surface area (Å²) in [5.74, 6) is 1.33. The zero-order valence-electron chi connectivity index (χ0n) is 13.0. The highest BCUT2D eigenvalue weighted by Gasteiger charge is 2.11. The van der Waals surface area contributed by atoms with E-state index >= 15 is 0 Å². The highest BCUT2D eigenvalue weighted by Crippen LogP contribution is 2.18. The first kappa shape index (κ1) is 16.4. The van der Waals surface area contributed by atoms with Gasteiger partial charge in [-0.3, -0.25) is 4.79 Å². The Bertz CT molecular complexity index is 654. The quantitative estimate of drug-likeness (QED) is 0.753. The van der Waals surface area contributed by atoms with E-state index in [4.69, 9.17) is 16.3 Å². The largest absolute Gasteiger partial charge is 0.469 e. The lowest BCUT2D eigenvalue weighted by Gasteiger charge is -2.10. The minimum atomic E-state index is -0.112. The van der Waals surface area contributed by atoms with Crippen LogP contribution in [0.1, 0.15) is 48.6 Å². The van der Waals surface area contributed by atoms with Gasteiger partial charge in [0.25, 0.3) is 0 Å². The molecule has 0 saturated heterocycles. The molecule has 5 heteroatoms. The van der Waals surface area contributed by atoms with Gasteiger partial charge in [0.2, 0.25) is 5.88 Å². The highest BCUT2D eigenvalue weighted by molar-refractivity contribution is 6.30. The smallest absolute Gasteiger partial charge is 0.217 e. The van der Waals surface area contributed by atoms with Crippen LogP contribution in [0.3, 0.4) is 0 Å². The standard InChI is InChI=1S/C17H19ClN2O2/c1-4-16-19-14(11(2)3)9-17(20-16)22-10-15(21)12-5-7-13(18)8-6-12/h5-9,11H,4,10H2,1-3H3. The maximum absolute atomic E-state index is 12.1. The minimum Gasteiger partial charge on any atom is -0.469 e. The van der Waals surface area contributed by atoms with E-state index in [1.807, 2.05) is 6.92 Å². The van der Waals surface area contributed by atoms with Crippen LogP contribution in [-0.2, 0) is 6.42 Å². The van der Waals surface area contributed by atoms with E-state index in [0.29, 0.717) is 16.5 Å². The van der Waals surface area contributed by atoms with E-state index in [9.17, 15) is 4.79 Å². The molecular formula is C17H19ClN2O2. The molecule has 116 valence electrons. The summed E-state index contributed by atoms with van der Waals surface area (Å²) in [5.41, 5.74) is 1.49. The summed E-state index contributed by atoms with van der Waals surface area (Å²) in [6.07, 6.45) is 0.724. The Hall–Kier alpha value is -1.94. The van der Waals surface area contributed by atoms with Gasteiger partial charge in [0, 0.05) is 23.1 Å². The number of carbonyl (C=O) groups is 1. The zero-order chi connectivity index (χ0) is 16.1. The molecule has 0 fully saturated rings. The van der Waals surface area contributed by atoms with E-state index in [0.717, 1.165) is 17.9 Å². The molecule has 0 saturated carbocycles. The highest BCUT2D eigenvalue weighted by atomic mass is 35.5. The van der Waals surface area contributed by atoms with Crippen molar-refractivity contribution in [2.24, 2.45) is 0 Å². The van der Waals surface area contributed by atoms with Gasteiger partial charge in [0.15, 0.2) is 12.4 Å². The molecule has 0 aliphatic heterocycles. The van der Waals surface area contributed by atoms with Gasteiger partial charge in [-0.15, -0.1) is 0 Å². The number of rotatable bonds is 6. The van der Waals surface area contributed by atoms with Gasteiger partial charge in [-0.1, -0.05) is 32.4 Å². The van der Waals surface area contributed by atoms with Crippen molar-refractivity contribution in [3.63, 3.8) is 0 Å². The zero-order valence-corrected chi connectivity index (χ0v) is 13.7. The van der Waals surface area contributed by atoms with Crippen molar-refractivity contribution in [1.29, 1.82) is 0 Å². The van der Waals surface area contributed by atoms with Gasteiger partial charge in [0.1, 0.15) is 5.82 Å². The van der Waals surface area contributed by atoms with Gasteiger partial charge in [0.05, 0.1) is 5.69 Å². The number of Topliss-reactive ketones (excluding diaryl/α,β-unsaturated/α-hetero) is 1. The summed E-state index contributed by atoms with van der Waals surface area (Å²) < 4.78 is 5.55. The predicted molar refractivity (Wildman–Crippen MR) is 86.8 cm³/mol. The van der Waals surface area contributed by atoms with Crippen LogP contribution in [0.5, 0.6) is 5.88 Å². The third-order valence-corrected chi connectivity index (χ3v) is 3.45. The monoisotopic (exact) mass is 318 g/mol. The second kappa shape index (κ2) is 7.36. The van der Waals surface area contributed by atoms with Crippen LogP contribution in [0.25, 0.3) is 0 Å². The number of aromatic nitrogens is 2. The fourth-order valence-electron chi connectivity index (χ4n) is 1.88. The molecule has 0 unspecified atom stereocenters. The number of hydrogen-bond donors (Lipinski definition) is 0. The third kappa shape index (κ3) is 4.28. The molecule has 0 aliphatic rings. The number of halogens is 1. The average Bonchev–Trinajstić information content (AvgIpc) is 2.52. The maximum Gasteiger partial charge on any atom is 0.217 e. The number of carbonyl (C=O) groups excluding carboxylic acids is 1. The predicted octanol–water partition coefficient (Wildman–Crippen LogP) is 4.08. The van der Waals surface area contributed by atoms with Gasteiger partial charge in [-0.05, 0) is 30.2 Å². The number of aryl methyl sites for hydroxylation is 1. The molecule has 1 aromatic carbocycles. The Balaban J connectivity index is 2.09. The van der Waals surface area contributed by atoms with Crippen molar-refractivity contribution >= 4 is 17.4 Å². The summed E-state index contributed by atoms with van der Waals surface area (Å²) in [5, 5.41) is 0.599. The molecule has 2 rings (SSSR count). The molecule has 0 bridgehead atoms. The third-order valence-electron chi connectivity index (χ3n) is 3.19. The average molecular weight is 319 g/mol. The van der Waals surface area contributed by atoms with E-state index in [-0.39, 0.29) is 18.3 Å². The molecular weight excluding hydrogens is 300 g/mol. The topological polar surface area (TPSA) is 52.1 Å². The van der Waals surface area contributed by atoms with Crippen molar-refractivity contribution in [3.8, 4) is 5.88 Å². The van der Waals surface area contributed by atoms with E-state index in [2.05, 4.69) is 23.8 Å². The lowest BCUT2D eigenvalue weighted by molar-refractivity contribution is 0.0917. The summed E-state index contributed by atoms with van der Waals surface area (Å²) in [6.45, 7) is 6.05. The Morgan fingerprint density at radius 1 is 1.23 bits per heavy atom. The lowest BCUT2D eigenvalue weighted by Crippen LogP contribution is -2.13. The number of benzene rings is 1. The van der Waals surface area contributed by atoms with Crippen molar-refractivity contribution in [3.05, 3.63) is 52.4 Å². The van der Waals surface area contributed by atoms with E-state index in [1.165, 1.54) is 0 Å². The molecule has 0 amide bonds. The first-order chi connectivity index (χ1) is 10.5. The molecule has 0 atom stereocenters. The Labute approximate surface area is 135 Å². The summed E-state index contributed by atoms with van der Waals surface area (Å²) in [4.78, 5) is 20.9. The summed E-state index contributed by atoms with van der Waals surface area (Å²) >= 11 is 5.81. The second-order valence-electron chi connectivity index (χ2n) is 5.27. The van der Waals surface area contributed by atoms with Crippen LogP contribution in [0.2, 0.25) is 5.02 Å². The van der Waals surface area contributed by atoms with Gasteiger partial charge in [-0.25, -0.2) is 4.98 Å². The molecule has 0 aliphatic carbocycles. The van der Waals surface area contributed by atoms with Crippen LogP contribution >= 0.6 is 11.6 Å². The Morgan fingerprint density at radius 2 is 1.91 bits per heavy atom. The van der Waals surface area contributed by atoms with Crippen LogP contribution < -0.4 is 4.74 Å². The van der Waals surface area contributed by atoms with Crippen molar-refractivity contribution < 1.29 is 9.53 Å². The second-order valence-corrected chi connectivity index (χ2v) is 5.71. The van der Waals surface area contributed by atoms with Crippen LogP contribution in [-0.4, -0.2) is 22.4 Å². The SMILES string of the molecule is CCc1nc(OCC(=O)c2ccc(Cl)cc2)cc(C(C)C)n1. The normalized spacial score (nSPS) is 10.8. The molecule has 1 heterocycles. The molecule has 1 aromatic heterocycles. The van der Waals surface area contributed by atoms with Crippen molar-refractivity contribution in [2.75, 3.05) is 6.61 Å². The molecule has 0 radical (unpaired) electrons. The lowest BCUT2D eigenvalue weighted by atomic mass is 10.1. The molecule has 2 aromatic rings. The fraction of sp³-hybridized carbons (Fsp3) is 0.353. The Morgan fingerprint density at radius 3 is 2.50 bits per heavy atom. The summed E-state index contributed by atoms with van der Waals surface area (Å²) in [7, 11) is 0. The van der Waals surface area contributed by atoms with Crippen molar-refractivity contribution in [2.45, 2.75) is 33.1 Å². The number of ketones is 1. The maximum atomic E-state index is 12.1. The fourth-order valence-corrected chi connectivity index (χ4v) is 2.00. The number of ether oxygens (including phenoxy) is 1. The van der Waals surface area contributed by atoms with Gasteiger partial charge < -0.3 is 4.74 Å². The van der Waals surface area contributed by atoms with Gasteiger partial charge >= 0.3 is 0 Å². The number of nitrogens with zero attached hydrogens (tertiary/aromatic N) is 2. The van der Waals surface area contributed by atoms with Crippen LogP contribution in [0.15, 0.2) is 30.3 Å². The van der Waals surface area contributed by atoms with Gasteiger partial charge in [-0.2, -0.15) is 4.98 Å². The minimum absolute atomic E-state index is 0.0562. The molecule has 4 nitrogen and oxygen atoms in total. The van der Waals surface area contributed by atoms with Crippen LogP contribution in [0.4, 0.5) is 0 Å². The molecule has 0 spiro atoms. The van der Waals surface area contributed by atoms with E-state index in [1.54, 1.807) is 30.3 Å². The van der Waals surface area contributed by atoms with E-state index < -0.39 is 0 Å². The van der Waals surface area contributed by atoms with Crippen molar-refractivity contribution in [1.82, 2.24) is 9.97 Å². The number of hydrogen-bond acceptors (Lipinski definition) is 4.